The Morgan fingerprint density at radius 2 is 1.78 bits per heavy atom. The minimum atomic E-state index is -0.262. The smallest absolute Gasteiger partial charge is 0.251 e. The summed E-state index contributed by atoms with van der Waals surface area (Å²) in [6.45, 7) is 5.23. The van der Waals surface area contributed by atoms with E-state index in [9.17, 15) is 4.79 Å². The molecule has 1 aromatic heterocycles. The van der Waals surface area contributed by atoms with Gasteiger partial charge in [-0.3, -0.25) is 4.79 Å². The van der Waals surface area contributed by atoms with E-state index in [4.69, 9.17) is 9.72 Å². The van der Waals surface area contributed by atoms with Gasteiger partial charge < -0.3 is 14.6 Å². The second kappa shape index (κ2) is 10.0. The third kappa shape index (κ3) is 5.02. The van der Waals surface area contributed by atoms with Crippen LogP contribution < -0.4 is 10.1 Å². The average Bonchev–Trinajstić information content (AvgIpc) is 3.19. The third-order valence-corrected chi connectivity index (χ3v) is 5.97. The Morgan fingerprint density at radius 1 is 1.06 bits per heavy atom. The van der Waals surface area contributed by atoms with E-state index in [1.54, 1.807) is 12.1 Å². The second-order valence-corrected chi connectivity index (χ2v) is 8.57. The molecule has 3 aromatic carbocycles. The molecule has 0 aliphatic rings. The molecule has 0 saturated carbocycles. The molecule has 1 N–H and O–H groups in total. The van der Waals surface area contributed by atoms with E-state index in [1.165, 1.54) is 5.56 Å². The summed E-state index contributed by atoms with van der Waals surface area (Å²) >= 11 is 3.40. The van der Waals surface area contributed by atoms with Gasteiger partial charge in [-0.1, -0.05) is 47.1 Å². The number of para-hydroxylation sites is 2. The van der Waals surface area contributed by atoms with Gasteiger partial charge in [0.25, 0.3) is 5.91 Å². The topological polar surface area (TPSA) is 56.1 Å². The Morgan fingerprint density at radius 3 is 2.50 bits per heavy atom. The Kier molecular flexibility index (Phi) is 6.90. The van der Waals surface area contributed by atoms with E-state index in [0.29, 0.717) is 18.7 Å². The molecule has 0 aliphatic carbocycles. The van der Waals surface area contributed by atoms with E-state index in [2.05, 4.69) is 44.9 Å². The van der Waals surface area contributed by atoms with Crippen molar-refractivity contribution in [3.05, 3.63) is 94.2 Å². The third-order valence-electron chi connectivity index (χ3n) is 5.44. The summed E-state index contributed by atoms with van der Waals surface area (Å²) in [5.41, 5.74) is 3.83. The van der Waals surface area contributed by atoms with Crippen LogP contribution in [0, 0.1) is 0 Å². The molecule has 32 heavy (non-hydrogen) atoms. The van der Waals surface area contributed by atoms with Crippen molar-refractivity contribution in [2.24, 2.45) is 0 Å². The minimum absolute atomic E-state index is 0.129. The zero-order valence-corrected chi connectivity index (χ0v) is 19.8. The van der Waals surface area contributed by atoms with Crippen LogP contribution in [-0.4, -0.2) is 22.1 Å². The first-order valence-corrected chi connectivity index (χ1v) is 11.6. The van der Waals surface area contributed by atoms with Crippen molar-refractivity contribution in [3.8, 4) is 5.75 Å². The van der Waals surface area contributed by atoms with E-state index in [-0.39, 0.29) is 11.9 Å². The van der Waals surface area contributed by atoms with E-state index >= 15 is 0 Å². The molecule has 0 fully saturated rings. The summed E-state index contributed by atoms with van der Waals surface area (Å²) < 4.78 is 9.05. The van der Waals surface area contributed by atoms with Crippen molar-refractivity contribution < 1.29 is 9.53 Å². The summed E-state index contributed by atoms with van der Waals surface area (Å²) in [7, 11) is 0. The highest BCUT2D eigenvalue weighted by Crippen LogP contribution is 2.22. The van der Waals surface area contributed by atoms with Gasteiger partial charge in [0.05, 0.1) is 23.6 Å². The van der Waals surface area contributed by atoms with Gasteiger partial charge in [-0.2, -0.15) is 0 Å². The number of fused-ring (bicyclic) bond motifs is 1. The maximum Gasteiger partial charge on any atom is 0.251 e. The zero-order chi connectivity index (χ0) is 22.5. The molecule has 1 atom stereocenters. The maximum atomic E-state index is 12.7. The van der Waals surface area contributed by atoms with Crippen LogP contribution in [0.2, 0.25) is 0 Å². The molecule has 164 valence electrons. The van der Waals surface area contributed by atoms with Crippen LogP contribution in [0.5, 0.6) is 5.75 Å². The van der Waals surface area contributed by atoms with Gasteiger partial charge in [0, 0.05) is 10.0 Å². The Labute approximate surface area is 196 Å². The SMILES string of the molecule is CCc1ccc(OCCn2c(C(C)NC(=O)c3ccc(Br)cc3)nc3ccccc32)cc1. The lowest BCUT2D eigenvalue weighted by Gasteiger charge is -2.17. The molecule has 0 radical (unpaired) electrons. The summed E-state index contributed by atoms with van der Waals surface area (Å²) in [6, 6.07) is 23.3. The zero-order valence-electron chi connectivity index (χ0n) is 18.2. The lowest BCUT2D eigenvalue weighted by molar-refractivity contribution is 0.0937. The first kappa shape index (κ1) is 22.1. The van der Waals surface area contributed by atoms with Crippen molar-refractivity contribution in [3.63, 3.8) is 0 Å². The first-order valence-electron chi connectivity index (χ1n) is 10.8. The van der Waals surface area contributed by atoms with Crippen LogP contribution in [0.25, 0.3) is 11.0 Å². The van der Waals surface area contributed by atoms with Crippen LogP contribution in [-0.2, 0) is 13.0 Å². The largest absolute Gasteiger partial charge is 0.492 e. The molecule has 0 saturated heterocycles. The number of hydrogen-bond acceptors (Lipinski definition) is 3. The molecular formula is C26H26BrN3O2. The monoisotopic (exact) mass is 491 g/mol. The number of aryl methyl sites for hydroxylation is 1. The summed E-state index contributed by atoms with van der Waals surface area (Å²) in [5.74, 6) is 1.53. The van der Waals surface area contributed by atoms with Crippen molar-refractivity contribution in [1.29, 1.82) is 0 Å². The first-order chi connectivity index (χ1) is 15.5. The van der Waals surface area contributed by atoms with E-state index in [1.807, 2.05) is 55.5 Å². The highest BCUT2D eigenvalue weighted by molar-refractivity contribution is 9.10. The van der Waals surface area contributed by atoms with Gasteiger partial charge in [-0.25, -0.2) is 4.98 Å². The molecule has 0 spiro atoms. The minimum Gasteiger partial charge on any atom is -0.492 e. The van der Waals surface area contributed by atoms with E-state index in [0.717, 1.165) is 33.5 Å². The van der Waals surface area contributed by atoms with Gasteiger partial charge in [0.15, 0.2) is 0 Å². The number of carbonyl (C=O) groups excluding carboxylic acids is 1. The molecule has 0 bridgehead atoms. The summed E-state index contributed by atoms with van der Waals surface area (Å²) in [6.07, 6.45) is 1.01. The normalized spacial score (nSPS) is 12.0. The molecule has 0 aliphatic heterocycles. The fourth-order valence-corrected chi connectivity index (χ4v) is 3.95. The molecular weight excluding hydrogens is 466 g/mol. The second-order valence-electron chi connectivity index (χ2n) is 7.66. The molecule has 4 rings (SSSR count). The Hall–Kier alpha value is -3.12. The van der Waals surface area contributed by atoms with Crippen molar-refractivity contribution in [1.82, 2.24) is 14.9 Å². The number of rotatable bonds is 8. The summed E-state index contributed by atoms with van der Waals surface area (Å²) in [5, 5.41) is 3.08. The quantitative estimate of drug-likeness (QED) is 0.332. The van der Waals surface area contributed by atoms with E-state index < -0.39 is 0 Å². The lowest BCUT2D eigenvalue weighted by Crippen LogP contribution is -2.29. The maximum absolute atomic E-state index is 12.7. The number of hydrogen-bond donors (Lipinski definition) is 1. The molecule has 5 nitrogen and oxygen atoms in total. The van der Waals surface area contributed by atoms with Crippen molar-refractivity contribution in [2.75, 3.05) is 6.61 Å². The van der Waals surface area contributed by atoms with Gasteiger partial charge in [-0.05, 0) is 67.4 Å². The van der Waals surface area contributed by atoms with Crippen LogP contribution in [0.4, 0.5) is 0 Å². The van der Waals surface area contributed by atoms with Crippen molar-refractivity contribution >= 4 is 32.9 Å². The van der Waals surface area contributed by atoms with Crippen LogP contribution >= 0.6 is 15.9 Å². The number of carbonyl (C=O) groups is 1. The predicted molar refractivity (Wildman–Crippen MR) is 131 cm³/mol. The number of benzene rings is 3. The highest BCUT2D eigenvalue weighted by atomic mass is 79.9. The Bertz CT molecular complexity index is 1200. The summed E-state index contributed by atoms with van der Waals surface area (Å²) in [4.78, 5) is 17.5. The lowest BCUT2D eigenvalue weighted by atomic mass is 10.2. The van der Waals surface area contributed by atoms with Crippen LogP contribution in [0.1, 0.15) is 41.6 Å². The number of amides is 1. The number of nitrogens with one attached hydrogen (secondary N) is 1. The number of halogens is 1. The van der Waals surface area contributed by atoms with Gasteiger partial charge in [0.2, 0.25) is 0 Å². The Balaban J connectivity index is 1.51. The number of ether oxygens (including phenoxy) is 1. The fourth-order valence-electron chi connectivity index (χ4n) is 3.68. The average molecular weight is 492 g/mol. The number of imidazole rings is 1. The standard InChI is InChI=1S/C26H26BrN3O2/c1-3-19-8-14-22(15-9-19)32-17-16-30-24-7-5-4-6-23(24)29-25(30)18(2)28-26(31)20-10-12-21(27)13-11-20/h4-15,18H,3,16-17H2,1-2H3,(H,28,31). The predicted octanol–water partition coefficient (Wildman–Crippen LogP) is 5.93. The van der Waals surface area contributed by atoms with Crippen molar-refractivity contribution in [2.45, 2.75) is 32.9 Å². The van der Waals surface area contributed by atoms with Crippen LogP contribution in [0.15, 0.2) is 77.3 Å². The number of nitrogens with zero attached hydrogens (tertiary/aromatic N) is 2. The van der Waals surface area contributed by atoms with Crippen LogP contribution in [0.3, 0.4) is 0 Å². The fraction of sp³-hybridized carbons (Fsp3) is 0.231. The molecule has 1 unspecified atom stereocenters. The van der Waals surface area contributed by atoms with Gasteiger partial charge >= 0.3 is 0 Å². The van der Waals surface area contributed by atoms with Gasteiger partial charge in [0.1, 0.15) is 18.2 Å². The molecule has 4 aromatic rings. The molecule has 1 amide bonds. The molecule has 1 heterocycles. The number of aromatic nitrogens is 2. The molecule has 6 heteroatoms. The highest BCUT2D eigenvalue weighted by Gasteiger charge is 2.19. The van der Waals surface area contributed by atoms with Gasteiger partial charge in [-0.15, -0.1) is 0 Å².